The summed E-state index contributed by atoms with van der Waals surface area (Å²) in [6.45, 7) is 8.85. The van der Waals surface area contributed by atoms with Crippen LogP contribution in [0.5, 0.6) is 0 Å². The van der Waals surface area contributed by atoms with E-state index >= 15 is 0 Å². The van der Waals surface area contributed by atoms with Gasteiger partial charge in [-0.3, -0.25) is 0 Å². The highest BCUT2D eigenvalue weighted by atomic mass is 35.5. The number of nitrogens with zero attached hydrogens (tertiary/aromatic N) is 1. The van der Waals surface area contributed by atoms with Crippen molar-refractivity contribution in [3.63, 3.8) is 0 Å². The van der Waals surface area contributed by atoms with Crippen molar-refractivity contribution in [2.45, 2.75) is 13.3 Å². The van der Waals surface area contributed by atoms with Crippen molar-refractivity contribution >= 4 is 17.3 Å². The van der Waals surface area contributed by atoms with Crippen molar-refractivity contribution in [3.05, 3.63) is 40.2 Å². The standard InChI is InChI=1S/C9H8ClN/c1-3-7-6-8(10)4-5-9(7)11-2/h4-6H,3H2,1H3. The zero-order valence-electron chi connectivity index (χ0n) is 6.26. The number of benzene rings is 1. The maximum atomic E-state index is 6.84. The van der Waals surface area contributed by atoms with E-state index in [4.69, 9.17) is 18.2 Å². The lowest BCUT2D eigenvalue weighted by atomic mass is 10.1. The summed E-state index contributed by atoms with van der Waals surface area (Å²) in [5.74, 6) is 0. The fourth-order valence-electron chi connectivity index (χ4n) is 0.946. The summed E-state index contributed by atoms with van der Waals surface area (Å²) in [4.78, 5) is 3.37. The summed E-state index contributed by atoms with van der Waals surface area (Å²) in [7, 11) is 0. The molecule has 1 aromatic rings. The summed E-state index contributed by atoms with van der Waals surface area (Å²) >= 11 is 5.75. The summed E-state index contributed by atoms with van der Waals surface area (Å²) in [6, 6.07) is 5.34. The van der Waals surface area contributed by atoms with Crippen molar-refractivity contribution in [3.8, 4) is 0 Å². The normalized spacial score (nSPS) is 9.18. The van der Waals surface area contributed by atoms with E-state index < -0.39 is 0 Å². The second kappa shape index (κ2) is 3.41. The first-order valence-corrected chi connectivity index (χ1v) is 3.81. The van der Waals surface area contributed by atoms with Crippen LogP contribution < -0.4 is 0 Å². The Balaban J connectivity index is 3.19. The van der Waals surface area contributed by atoms with Crippen molar-refractivity contribution < 1.29 is 0 Å². The summed E-state index contributed by atoms with van der Waals surface area (Å²) < 4.78 is 0. The van der Waals surface area contributed by atoms with Gasteiger partial charge in [0, 0.05) is 5.02 Å². The predicted octanol–water partition coefficient (Wildman–Crippen LogP) is 3.45. The molecule has 0 aromatic heterocycles. The van der Waals surface area contributed by atoms with Gasteiger partial charge in [-0.1, -0.05) is 36.7 Å². The van der Waals surface area contributed by atoms with E-state index in [0.717, 1.165) is 12.0 Å². The molecule has 1 nitrogen and oxygen atoms in total. The maximum absolute atomic E-state index is 6.84. The minimum atomic E-state index is 0.703. The third-order valence-corrected chi connectivity index (χ3v) is 1.78. The lowest BCUT2D eigenvalue weighted by Gasteiger charge is -1.99. The number of halogens is 1. The van der Waals surface area contributed by atoms with Crippen LogP contribution in [0.15, 0.2) is 18.2 Å². The van der Waals surface area contributed by atoms with Crippen molar-refractivity contribution in [2.75, 3.05) is 0 Å². The molecule has 0 atom stereocenters. The smallest absolute Gasteiger partial charge is 0.190 e. The molecular weight excluding hydrogens is 158 g/mol. The van der Waals surface area contributed by atoms with E-state index in [-0.39, 0.29) is 0 Å². The van der Waals surface area contributed by atoms with E-state index in [1.165, 1.54) is 0 Å². The van der Waals surface area contributed by atoms with Crippen molar-refractivity contribution in [1.82, 2.24) is 0 Å². The summed E-state index contributed by atoms with van der Waals surface area (Å²) in [5, 5.41) is 0.703. The fraction of sp³-hybridized carbons (Fsp3) is 0.222. The van der Waals surface area contributed by atoms with Gasteiger partial charge >= 0.3 is 0 Å². The lowest BCUT2D eigenvalue weighted by Crippen LogP contribution is -1.78. The average molecular weight is 166 g/mol. The first-order chi connectivity index (χ1) is 5.27. The van der Waals surface area contributed by atoms with Gasteiger partial charge in [-0.05, 0) is 12.0 Å². The van der Waals surface area contributed by atoms with Gasteiger partial charge in [-0.25, -0.2) is 4.85 Å². The zero-order chi connectivity index (χ0) is 8.27. The predicted molar refractivity (Wildman–Crippen MR) is 47.1 cm³/mol. The van der Waals surface area contributed by atoms with Crippen LogP contribution in [0, 0.1) is 6.57 Å². The molecule has 11 heavy (non-hydrogen) atoms. The number of rotatable bonds is 1. The Hall–Kier alpha value is -1.00. The molecule has 0 N–H and O–H groups in total. The molecular formula is C9H8ClN. The molecule has 0 aliphatic carbocycles. The quantitative estimate of drug-likeness (QED) is 0.562. The van der Waals surface area contributed by atoms with Gasteiger partial charge in [0.1, 0.15) is 0 Å². The fourth-order valence-corrected chi connectivity index (χ4v) is 1.14. The van der Waals surface area contributed by atoms with Crippen molar-refractivity contribution in [2.24, 2.45) is 0 Å². The van der Waals surface area contributed by atoms with E-state index in [1.54, 1.807) is 12.1 Å². The van der Waals surface area contributed by atoms with Crippen LogP contribution in [0.3, 0.4) is 0 Å². The molecule has 1 aromatic carbocycles. The minimum absolute atomic E-state index is 0.703. The van der Waals surface area contributed by atoms with Crippen LogP contribution in [0.4, 0.5) is 5.69 Å². The average Bonchev–Trinajstić information content (AvgIpc) is 2.04. The molecule has 0 amide bonds. The molecule has 0 bridgehead atoms. The maximum Gasteiger partial charge on any atom is 0.190 e. The topological polar surface area (TPSA) is 4.36 Å². The van der Waals surface area contributed by atoms with E-state index in [2.05, 4.69) is 4.85 Å². The van der Waals surface area contributed by atoms with Gasteiger partial charge in [-0.2, -0.15) is 0 Å². The molecule has 56 valence electrons. The Morgan fingerprint density at radius 1 is 1.55 bits per heavy atom. The lowest BCUT2D eigenvalue weighted by molar-refractivity contribution is 1.15. The molecule has 0 aliphatic rings. The van der Waals surface area contributed by atoms with Crippen molar-refractivity contribution in [1.29, 1.82) is 0 Å². The second-order valence-electron chi connectivity index (χ2n) is 2.24. The molecule has 0 spiro atoms. The van der Waals surface area contributed by atoms with Gasteiger partial charge in [-0.15, -0.1) is 0 Å². The van der Waals surface area contributed by atoms with Gasteiger partial charge in [0.2, 0.25) is 0 Å². The minimum Gasteiger partial charge on any atom is -0.238 e. The Bertz CT molecular complexity index is 299. The molecule has 2 heteroatoms. The molecule has 0 radical (unpaired) electrons. The molecule has 0 aliphatic heterocycles. The van der Waals surface area contributed by atoms with Crippen LogP contribution in [-0.2, 0) is 6.42 Å². The van der Waals surface area contributed by atoms with Crippen LogP contribution in [0.2, 0.25) is 5.02 Å². The van der Waals surface area contributed by atoms with Gasteiger partial charge in [0.15, 0.2) is 5.69 Å². The number of hydrogen-bond acceptors (Lipinski definition) is 0. The highest BCUT2D eigenvalue weighted by Crippen LogP contribution is 2.23. The molecule has 1 rings (SSSR count). The Morgan fingerprint density at radius 2 is 2.27 bits per heavy atom. The molecule has 0 fully saturated rings. The van der Waals surface area contributed by atoms with E-state index in [0.29, 0.717) is 10.7 Å². The third kappa shape index (κ3) is 1.72. The van der Waals surface area contributed by atoms with E-state index in [9.17, 15) is 0 Å². The largest absolute Gasteiger partial charge is 0.238 e. The Morgan fingerprint density at radius 3 is 2.82 bits per heavy atom. The zero-order valence-corrected chi connectivity index (χ0v) is 7.02. The molecule has 0 unspecified atom stereocenters. The van der Waals surface area contributed by atoms with Crippen LogP contribution in [0.1, 0.15) is 12.5 Å². The Kier molecular flexibility index (Phi) is 2.51. The third-order valence-electron chi connectivity index (χ3n) is 1.54. The molecule has 0 saturated heterocycles. The highest BCUT2D eigenvalue weighted by molar-refractivity contribution is 6.30. The summed E-state index contributed by atoms with van der Waals surface area (Å²) in [6.07, 6.45) is 0.859. The van der Waals surface area contributed by atoms with Gasteiger partial charge in [0.05, 0.1) is 6.57 Å². The first-order valence-electron chi connectivity index (χ1n) is 3.43. The van der Waals surface area contributed by atoms with Gasteiger partial charge < -0.3 is 0 Å². The monoisotopic (exact) mass is 165 g/mol. The SMILES string of the molecule is [C-]#[N+]c1ccc(Cl)cc1CC. The Labute approximate surface area is 71.4 Å². The van der Waals surface area contributed by atoms with Crippen LogP contribution >= 0.6 is 11.6 Å². The van der Waals surface area contributed by atoms with Crippen LogP contribution in [0.25, 0.3) is 4.85 Å². The molecule has 0 saturated carbocycles. The highest BCUT2D eigenvalue weighted by Gasteiger charge is 1.99. The number of hydrogen-bond donors (Lipinski definition) is 0. The number of aryl methyl sites for hydroxylation is 1. The summed E-state index contributed by atoms with van der Waals surface area (Å²) in [5.41, 5.74) is 1.73. The van der Waals surface area contributed by atoms with Crippen LogP contribution in [-0.4, -0.2) is 0 Å². The van der Waals surface area contributed by atoms with Gasteiger partial charge in [0.25, 0.3) is 0 Å². The van der Waals surface area contributed by atoms with E-state index in [1.807, 2.05) is 13.0 Å². The second-order valence-corrected chi connectivity index (χ2v) is 2.67. The molecule has 0 heterocycles. The first kappa shape index (κ1) is 8.10.